The van der Waals surface area contributed by atoms with Gasteiger partial charge in [0.1, 0.15) is 17.6 Å². The van der Waals surface area contributed by atoms with E-state index in [4.69, 9.17) is 4.42 Å². The molecule has 22 heavy (non-hydrogen) atoms. The molecule has 0 saturated carbocycles. The van der Waals surface area contributed by atoms with Crippen LogP contribution in [-0.2, 0) is 16.1 Å². The molecule has 5 heteroatoms. The van der Waals surface area contributed by atoms with Crippen molar-refractivity contribution in [1.82, 2.24) is 9.80 Å². The maximum atomic E-state index is 12.7. The molecule has 118 valence electrons. The SMILES string of the molecule is C=CCN(CC=C)C(=O)[C@H]1CCC(=O)N1Cc1ccc(C)o1. The summed E-state index contributed by atoms with van der Waals surface area (Å²) < 4.78 is 5.53. The van der Waals surface area contributed by atoms with Gasteiger partial charge in [-0.15, -0.1) is 13.2 Å². The van der Waals surface area contributed by atoms with E-state index in [9.17, 15) is 9.59 Å². The van der Waals surface area contributed by atoms with E-state index in [0.717, 1.165) is 5.76 Å². The third-order valence-electron chi connectivity index (χ3n) is 3.75. The number of hydrogen-bond acceptors (Lipinski definition) is 3. The summed E-state index contributed by atoms with van der Waals surface area (Å²) in [5, 5.41) is 0. The van der Waals surface area contributed by atoms with Gasteiger partial charge in [0.25, 0.3) is 0 Å². The van der Waals surface area contributed by atoms with Gasteiger partial charge in [-0.2, -0.15) is 0 Å². The quantitative estimate of drug-likeness (QED) is 0.726. The first-order valence-electron chi connectivity index (χ1n) is 7.42. The third kappa shape index (κ3) is 3.47. The predicted octanol–water partition coefficient (Wildman–Crippen LogP) is 2.28. The van der Waals surface area contributed by atoms with Gasteiger partial charge < -0.3 is 14.2 Å². The molecule has 2 amide bonds. The lowest BCUT2D eigenvalue weighted by Gasteiger charge is -2.28. The van der Waals surface area contributed by atoms with E-state index < -0.39 is 6.04 Å². The zero-order valence-corrected chi connectivity index (χ0v) is 13.0. The first-order chi connectivity index (χ1) is 10.6. The minimum Gasteiger partial charge on any atom is -0.464 e. The number of rotatable bonds is 7. The first kappa shape index (κ1) is 16.1. The lowest BCUT2D eigenvalue weighted by molar-refractivity contribution is -0.141. The molecule has 5 nitrogen and oxygen atoms in total. The summed E-state index contributed by atoms with van der Waals surface area (Å²) in [6, 6.07) is 3.26. The molecule has 1 fully saturated rings. The van der Waals surface area contributed by atoms with Crippen molar-refractivity contribution in [3.05, 3.63) is 49.0 Å². The van der Waals surface area contributed by atoms with Gasteiger partial charge in [0.2, 0.25) is 11.8 Å². The van der Waals surface area contributed by atoms with Gasteiger partial charge in [-0.1, -0.05) is 12.2 Å². The monoisotopic (exact) mass is 302 g/mol. The number of nitrogens with zero attached hydrogens (tertiary/aromatic N) is 2. The van der Waals surface area contributed by atoms with Gasteiger partial charge in [0.05, 0.1) is 6.54 Å². The van der Waals surface area contributed by atoms with Crippen LogP contribution in [-0.4, -0.2) is 40.7 Å². The van der Waals surface area contributed by atoms with E-state index in [-0.39, 0.29) is 11.8 Å². The Balaban J connectivity index is 2.13. The minimum atomic E-state index is -0.433. The van der Waals surface area contributed by atoms with Gasteiger partial charge >= 0.3 is 0 Å². The molecule has 2 heterocycles. The van der Waals surface area contributed by atoms with Gasteiger partial charge in [0, 0.05) is 19.5 Å². The number of furan rings is 1. The molecule has 1 aliphatic heterocycles. The predicted molar refractivity (Wildman–Crippen MR) is 84.0 cm³/mol. The lowest BCUT2D eigenvalue weighted by atomic mass is 10.2. The number of hydrogen-bond donors (Lipinski definition) is 0. The van der Waals surface area contributed by atoms with Crippen LogP contribution < -0.4 is 0 Å². The van der Waals surface area contributed by atoms with Crippen molar-refractivity contribution in [2.24, 2.45) is 0 Å². The Morgan fingerprint density at radius 3 is 2.64 bits per heavy atom. The molecule has 1 saturated heterocycles. The van der Waals surface area contributed by atoms with Crippen molar-refractivity contribution in [3.8, 4) is 0 Å². The van der Waals surface area contributed by atoms with Crippen molar-refractivity contribution in [2.75, 3.05) is 13.1 Å². The van der Waals surface area contributed by atoms with Gasteiger partial charge in [-0.25, -0.2) is 0 Å². The van der Waals surface area contributed by atoms with Crippen molar-refractivity contribution in [2.45, 2.75) is 32.4 Å². The molecule has 1 aliphatic rings. The van der Waals surface area contributed by atoms with Crippen LogP contribution in [0.5, 0.6) is 0 Å². The van der Waals surface area contributed by atoms with Crippen LogP contribution in [0.25, 0.3) is 0 Å². The normalized spacial score (nSPS) is 17.6. The van der Waals surface area contributed by atoms with Crippen LogP contribution >= 0.6 is 0 Å². The third-order valence-corrected chi connectivity index (χ3v) is 3.75. The highest BCUT2D eigenvalue weighted by atomic mass is 16.3. The molecular weight excluding hydrogens is 280 g/mol. The Bertz CT molecular complexity index is 566. The molecule has 0 aliphatic carbocycles. The highest BCUT2D eigenvalue weighted by Gasteiger charge is 2.38. The number of carbonyl (C=O) groups excluding carboxylic acids is 2. The molecule has 0 N–H and O–H groups in total. The Morgan fingerprint density at radius 2 is 2.09 bits per heavy atom. The van der Waals surface area contributed by atoms with Gasteiger partial charge in [-0.05, 0) is 25.5 Å². The van der Waals surface area contributed by atoms with E-state index in [1.54, 1.807) is 22.0 Å². The van der Waals surface area contributed by atoms with Crippen LogP contribution in [0.2, 0.25) is 0 Å². The fourth-order valence-electron chi connectivity index (χ4n) is 2.70. The van der Waals surface area contributed by atoms with Crippen LogP contribution in [0.3, 0.4) is 0 Å². The second-order valence-corrected chi connectivity index (χ2v) is 5.41. The zero-order valence-electron chi connectivity index (χ0n) is 13.0. The summed E-state index contributed by atoms with van der Waals surface area (Å²) in [6.07, 6.45) is 4.30. The van der Waals surface area contributed by atoms with E-state index in [1.165, 1.54) is 0 Å². The Hall–Kier alpha value is -2.30. The second kappa shape index (κ2) is 7.11. The molecular formula is C17H22N2O3. The Kier molecular flexibility index (Phi) is 5.20. The molecule has 0 spiro atoms. The molecule has 1 aromatic heterocycles. The molecule has 0 aromatic carbocycles. The smallest absolute Gasteiger partial charge is 0.245 e. The van der Waals surface area contributed by atoms with Crippen molar-refractivity contribution < 1.29 is 14.0 Å². The number of aryl methyl sites for hydroxylation is 1. The fraction of sp³-hybridized carbons (Fsp3) is 0.412. The fourth-order valence-corrected chi connectivity index (χ4v) is 2.70. The number of likely N-dealkylation sites (tertiary alicyclic amines) is 1. The highest BCUT2D eigenvalue weighted by molar-refractivity contribution is 5.91. The summed E-state index contributed by atoms with van der Waals surface area (Å²) in [5.41, 5.74) is 0. The van der Waals surface area contributed by atoms with Crippen molar-refractivity contribution >= 4 is 11.8 Å². The van der Waals surface area contributed by atoms with Crippen molar-refractivity contribution in [1.29, 1.82) is 0 Å². The first-order valence-corrected chi connectivity index (χ1v) is 7.42. The number of carbonyl (C=O) groups is 2. The summed E-state index contributed by atoms with van der Waals surface area (Å²) in [5.74, 6) is 1.42. The van der Waals surface area contributed by atoms with E-state index in [0.29, 0.717) is 38.2 Å². The van der Waals surface area contributed by atoms with Crippen LogP contribution in [0.1, 0.15) is 24.4 Å². The highest BCUT2D eigenvalue weighted by Crippen LogP contribution is 2.24. The average Bonchev–Trinajstić information content (AvgIpc) is 3.06. The Labute approximate surface area is 130 Å². The van der Waals surface area contributed by atoms with E-state index >= 15 is 0 Å². The summed E-state index contributed by atoms with van der Waals surface area (Å²) in [6.45, 7) is 10.4. The standard InChI is InChI=1S/C17H22N2O3/c1-4-10-18(11-5-2)17(21)15-8-9-16(20)19(15)12-14-7-6-13(3)22-14/h4-7,15H,1-2,8-12H2,3H3/t15-/m1/s1. The molecule has 0 radical (unpaired) electrons. The van der Waals surface area contributed by atoms with E-state index in [1.807, 2.05) is 19.1 Å². The summed E-state index contributed by atoms with van der Waals surface area (Å²) in [7, 11) is 0. The molecule has 1 aromatic rings. The molecule has 0 unspecified atom stereocenters. The number of amides is 2. The average molecular weight is 302 g/mol. The molecule has 0 bridgehead atoms. The van der Waals surface area contributed by atoms with Crippen LogP contribution in [0.15, 0.2) is 41.9 Å². The minimum absolute atomic E-state index is 0.00967. The van der Waals surface area contributed by atoms with Crippen molar-refractivity contribution in [3.63, 3.8) is 0 Å². The largest absolute Gasteiger partial charge is 0.464 e. The second-order valence-electron chi connectivity index (χ2n) is 5.41. The topological polar surface area (TPSA) is 53.8 Å². The zero-order chi connectivity index (χ0) is 16.1. The van der Waals surface area contributed by atoms with Gasteiger partial charge in [-0.3, -0.25) is 9.59 Å². The summed E-state index contributed by atoms with van der Waals surface area (Å²) in [4.78, 5) is 28.1. The maximum Gasteiger partial charge on any atom is 0.245 e. The summed E-state index contributed by atoms with van der Waals surface area (Å²) >= 11 is 0. The van der Waals surface area contributed by atoms with Gasteiger partial charge in [0.15, 0.2) is 0 Å². The van der Waals surface area contributed by atoms with Crippen LogP contribution in [0.4, 0.5) is 0 Å². The Morgan fingerprint density at radius 1 is 1.41 bits per heavy atom. The van der Waals surface area contributed by atoms with E-state index in [2.05, 4.69) is 13.2 Å². The lowest BCUT2D eigenvalue weighted by Crippen LogP contribution is -2.46. The molecule has 1 atom stereocenters. The molecule has 2 rings (SSSR count). The maximum absolute atomic E-state index is 12.7. The van der Waals surface area contributed by atoms with Crippen LogP contribution in [0, 0.1) is 6.92 Å².